The van der Waals surface area contributed by atoms with E-state index in [2.05, 4.69) is 10.3 Å². The van der Waals surface area contributed by atoms with E-state index in [1.165, 1.54) is 12.1 Å². The van der Waals surface area contributed by atoms with Gasteiger partial charge in [-0.2, -0.15) is 0 Å². The van der Waals surface area contributed by atoms with E-state index in [4.69, 9.17) is 0 Å². The summed E-state index contributed by atoms with van der Waals surface area (Å²) in [7, 11) is 0. The lowest BCUT2D eigenvalue weighted by atomic mass is 10.1. The number of fused-ring (bicyclic) bond motifs is 1. The Labute approximate surface area is 172 Å². The molecule has 0 bridgehead atoms. The van der Waals surface area contributed by atoms with Crippen LogP contribution in [-0.2, 0) is 13.1 Å². The van der Waals surface area contributed by atoms with Crippen LogP contribution in [0.3, 0.4) is 0 Å². The Morgan fingerprint density at radius 1 is 1.03 bits per heavy atom. The van der Waals surface area contributed by atoms with Gasteiger partial charge in [-0.05, 0) is 48.9 Å². The van der Waals surface area contributed by atoms with E-state index in [1.807, 2.05) is 25.1 Å². The minimum Gasteiger partial charge on any atom is -0.350 e. The molecular weight excluding hydrogens is 383 g/mol. The minimum absolute atomic E-state index is 0.189. The number of benzene rings is 2. The van der Waals surface area contributed by atoms with Gasteiger partial charge < -0.3 is 5.32 Å². The number of hydrogen-bond acceptors (Lipinski definition) is 3. The molecule has 2 aromatic heterocycles. The van der Waals surface area contributed by atoms with Crippen molar-refractivity contribution >= 4 is 17.1 Å². The molecule has 0 atom stereocenters. The first-order valence-electron chi connectivity index (χ1n) is 9.66. The van der Waals surface area contributed by atoms with Gasteiger partial charge in [0, 0.05) is 24.8 Å². The van der Waals surface area contributed by atoms with Crippen molar-refractivity contribution in [3.05, 3.63) is 99.9 Å². The van der Waals surface area contributed by atoms with Gasteiger partial charge in [0.05, 0.1) is 12.1 Å². The molecular formula is C23H21FN4O2. The lowest BCUT2D eigenvalue weighted by molar-refractivity contribution is 0.0952. The van der Waals surface area contributed by atoms with Gasteiger partial charge in [0.2, 0.25) is 0 Å². The van der Waals surface area contributed by atoms with Gasteiger partial charge in [-0.3, -0.25) is 13.9 Å². The van der Waals surface area contributed by atoms with Crippen molar-refractivity contribution < 1.29 is 9.18 Å². The highest BCUT2D eigenvalue weighted by molar-refractivity contribution is 5.94. The van der Waals surface area contributed by atoms with Crippen LogP contribution >= 0.6 is 0 Å². The van der Waals surface area contributed by atoms with E-state index in [9.17, 15) is 14.0 Å². The Kier molecular flexibility index (Phi) is 5.43. The number of rotatable bonds is 6. The first-order chi connectivity index (χ1) is 14.5. The van der Waals surface area contributed by atoms with Crippen LogP contribution in [0, 0.1) is 12.7 Å². The summed E-state index contributed by atoms with van der Waals surface area (Å²) in [6.07, 6.45) is 1.63. The average Bonchev–Trinajstić information content (AvgIpc) is 3.01. The lowest BCUT2D eigenvalue weighted by Gasteiger charge is -2.06. The second-order valence-corrected chi connectivity index (χ2v) is 7.11. The largest absolute Gasteiger partial charge is 0.350 e. The molecule has 0 spiro atoms. The number of pyridine rings is 1. The third-order valence-electron chi connectivity index (χ3n) is 4.96. The fourth-order valence-corrected chi connectivity index (χ4v) is 3.36. The lowest BCUT2D eigenvalue weighted by Crippen LogP contribution is -2.32. The molecule has 0 aliphatic heterocycles. The summed E-state index contributed by atoms with van der Waals surface area (Å²) in [5.41, 5.74) is 3.49. The zero-order valence-corrected chi connectivity index (χ0v) is 16.5. The fourth-order valence-electron chi connectivity index (χ4n) is 3.36. The number of halogens is 1. The van der Waals surface area contributed by atoms with Gasteiger partial charge in [-0.15, -0.1) is 0 Å². The van der Waals surface area contributed by atoms with Crippen molar-refractivity contribution in [1.82, 2.24) is 19.4 Å². The molecule has 0 saturated heterocycles. The van der Waals surface area contributed by atoms with Crippen molar-refractivity contribution in [1.29, 1.82) is 0 Å². The number of nitrogens with zero attached hydrogens (tertiary/aromatic N) is 3. The van der Waals surface area contributed by atoms with E-state index < -0.39 is 0 Å². The van der Waals surface area contributed by atoms with Crippen LogP contribution in [0.25, 0.3) is 11.2 Å². The molecule has 0 aliphatic carbocycles. The third-order valence-corrected chi connectivity index (χ3v) is 4.96. The highest BCUT2D eigenvalue weighted by atomic mass is 19.1. The number of aryl methyl sites for hydroxylation is 1. The standard InChI is InChI=1S/C23H21FN4O2/c1-16-4-8-18(9-5-16)22(29)26-13-14-27-21-20(3-2-12-25-21)28(23(27)30)15-17-6-10-19(24)11-7-17/h2-12H,13-15H2,1H3,(H,26,29). The van der Waals surface area contributed by atoms with Crippen LogP contribution in [0.4, 0.5) is 4.39 Å². The smallest absolute Gasteiger partial charge is 0.330 e. The van der Waals surface area contributed by atoms with Gasteiger partial charge in [0.25, 0.3) is 5.91 Å². The number of nitrogens with one attached hydrogen (secondary N) is 1. The van der Waals surface area contributed by atoms with Crippen LogP contribution in [0.1, 0.15) is 21.5 Å². The van der Waals surface area contributed by atoms with Crippen LogP contribution in [-0.4, -0.2) is 26.6 Å². The predicted octanol–water partition coefficient (Wildman–Crippen LogP) is 3.12. The molecule has 1 amide bonds. The molecule has 4 rings (SSSR count). The van der Waals surface area contributed by atoms with Crippen LogP contribution in [0.15, 0.2) is 71.7 Å². The van der Waals surface area contributed by atoms with Crippen molar-refractivity contribution in [2.24, 2.45) is 0 Å². The highest BCUT2D eigenvalue weighted by Gasteiger charge is 2.14. The number of imidazole rings is 1. The number of carbonyl (C=O) groups excluding carboxylic acids is 1. The number of hydrogen-bond donors (Lipinski definition) is 1. The maximum Gasteiger partial charge on any atom is 0.330 e. The highest BCUT2D eigenvalue weighted by Crippen LogP contribution is 2.13. The Hall–Kier alpha value is -3.74. The third kappa shape index (κ3) is 4.00. The summed E-state index contributed by atoms with van der Waals surface area (Å²) < 4.78 is 16.4. The Morgan fingerprint density at radius 3 is 2.50 bits per heavy atom. The second kappa shape index (κ2) is 8.32. The van der Waals surface area contributed by atoms with Gasteiger partial charge in [0.15, 0.2) is 5.65 Å². The Bertz CT molecular complexity index is 1240. The summed E-state index contributed by atoms with van der Waals surface area (Å²) in [4.78, 5) is 29.7. The molecule has 30 heavy (non-hydrogen) atoms. The van der Waals surface area contributed by atoms with Crippen molar-refractivity contribution in [2.75, 3.05) is 6.54 Å². The zero-order valence-electron chi connectivity index (χ0n) is 16.5. The number of amides is 1. The van der Waals surface area contributed by atoms with Gasteiger partial charge in [-0.1, -0.05) is 29.8 Å². The molecule has 6 nitrogen and oxygen atoms in total. The van der Waals surface area contributed by atoms with Crippen LogP contribution in [0.5, 0.6) is 0 Å². The summed E-state index contributed by atoms with van der Waals surface area (Å²) in [5, 5.41) is 2.85. The molecule has 0 unspecified atom stereocenters. The predicted molar refractivity (Wildman–Crippen MR) is 113 cm³/mol. The quantitative estimate of drug-likeness (QED) is 0.537. The van der Waals surface area contributed by atoms with E-state index >= 15 is 0 Å². The van der Waals surface area contributed by atoms with Crippen molar-refractivity contribution in [2.45, 2.75) is 20.0 Å². The molecule has 152 valence electrons. The minimum atomic E-state index is -0.320. The molecule has 0 saturated carbocycles. The zero-order chi connectivity index (χ0) is 21.1. The first-order valence-corrected chi connectivity index (χ1v) is 9.66. The van der Waals surface area contributed by atoms with Crippen LogP contribution in [0.2, 0.25) is 0 Å². The van der Waals surface area contributed by atoms with Gasteiger partial charge >= 0.3 is 5.69 Å². The fraction of sp³-hybridized carbons (Fsp3) is 0.174. The van der Waals surface area contributed by atoms with E-state index in [-0.39, 0.29) is 17.4 Å². The maximum absolute atomic E-state index is 13.2. The average molecular weight is 404 g/mol. The summed E-state index contributed by atoms with van der Waals surface area (Å²) in [6, 6.07) is 17.0. The molecule has 0 fully saturated rings. The molecule has 0 aliphatic rings. The van der Waals surface area contributed by atoms with E-state index in [1.54, 1.807) is 45.7 Å². The molecule has 7 heteroatoms. The molecule has 1 N–H and O–H groups in total. The SMILES string of the molecule is Cc1ccc(C(=O)NCCn2c(=O)n(Cc3ccc(F)cc3)c3cccnc32)cc1. The molecule has 0 radical (unpaired) electrons. The second-order valence-electron chi connectivity index (χ2n) is 7.11. The van der Waals surface area contributed by atoms with Crippen molar-refractivity contribution in [3.63, 3.8) is 0 Å². The first kappa shape index (κ1) is 19.6. The maximum atomic E-state index is 13.2. The van der Waals surface area contributed by atoms with E-state index in [0.717, 1.165) is 11.1 Å². The van der Waals surface area contributed by atoms with Crippen molar-refractivity contribution in [3.8, 4) is 0 Å². The summed E-state index contributed by atoms with van der Waals surface area (Å²) >= 11 is 0. The topological polar surface area (TPSA) is 68.9 Å². The molecule has 4 aromatic rings. The van der Waals surface area contributed by atoms with Crippen LogP contribution < -0.4 is 11.0 Å². The Balaban J connectivity index is 1.54. The van der Waals surface area contributed by atoms with Gasteiger partial charge in [-0.25, -0.2) is 14.2 Å². The number of aromatic nitrogens is 3. The summed E-state index contributed by atoms with van der Waals surface area (Å²) in [6.45, 7) is 2.85. The summed E-state index contributed by atoms with van der Waals surface area (Å²) in [5.74, 6) is -0.509. The van der Waals surface area contributed by atoms with E-state index in [0.29, 0.717) is 36.4 Å². The van der Waals surface area contributed by atoms with Gasteiger partial charge in [0.1, 0.15) is 5.82 Å². The number of carbonyl (C=O) groups is 1. The normalized spacial score (nSPS) is 11.0. The monoisotopic (exact) mass is 404 g/mol. The Morgan fingerprint density at radius 2 is 1.77 bits per heavy atom. The molecule has 2 aromatic carbocycles. The molecule has 2 heterocycles.